The van der Waals surface area contributed by atoms with E-state index in [1.54, 1.807) is 6.20 Å². The maximum atomic E-state index is 12.9. The smallest absolute Gasteiger partial charge is 0.245 e. The van der Waals surface area contributed by atoms with E-state index in [-0.39, 0.29) is 5.91 Å². The van der Waals surface area contributed by atoms with Crippen LogP contribution in [0.2, 0.25) is 0 Å². The molecule has 0 saturated carbocycles. The van der Waals surface area contributed by atoms with Gasteiger partial charge in [0.2, 0.25) is 5.91 Å². The van der Waals surface area contributed by atoms with Crippen LogP contribution in [0.4, 0.5) is 11.5 Å². The van der Waals surface area contributed by atoms with Gasteiger partial charge in [-0.3, -0.25) is 4.79 Å². The topological polar surface area (TPSA) is 50.2 Å². The largest absolute Gasteiger partial charge is 0.362 e. The molecule has 3 aromatic rings. The Morgan fingerprint density at radius 2 is 1.94 bits per heavy atom. The summed E-state index contributed by atoms with van der Waals surface area (Å²) in [5.41, 5.74) is 6.42. The van der Waals surface area contributed by atoms with Gasteiger partial charge in [-0.2, -0.15) is 5.10 Å². The van der Waals surface area contributed by atoms with Crippen molar-refractivity contribution in [3.63, 3.8) is 0 Å². The lowest BCUT2D eigenvalue weighted by Gasteiger charge is -2.32. The summed E-state index contributed by atoms with van der Waals surface area (Å²) >= 11 is 0. The van der Waals surface area contributed by atoms with E-state index in [1.165, 1.54) is 27.9 Å². The van der Waals surface area contributed by atoms with Gasteiger partial charge in [0, 0.05) is 18.3 Å². The highest BCUT2D eigenvalue weighted by molar-refractivity contribution is 5.93. The van der Waals surface area contributed by atoms with E-state index in [9.17, 15) is 4.79 Å². The summed E-state index contributed by atoms with van der Waals surface area (Å²) in [6.45, 7) is 8.47. The molecule has 2 aromatic carbocycles. The van der Waals surface area contributed by atoms with Crippen LogP contribution in [-0.2, 0) is 24.2 Å². The molecule has 1 aromatic heterocycles. The normalized spacial score (nSPS) is 13.4. The van der Waals surface area contributed by atoms with Crippen molar-refractivity contribution in [3.8, 4) is 0 Å². The van der Waals surface area contributed by atoms with E-state index in [0.29, 0.717) is 19.0 Å². The van der Waals surface area contributed by atoms with Gasteiger partial charge in [-0.15, -0.1) is 0 Å². The lowest BCUT2D eigenvalue weighted by Crippen LogP contribution is -2.37. The zero-order chi connectivity index (χ0) is 21.8. The number of nitrogens with one attached hydrogen (secondary N) is 1. The molecule has 31 heavy (non-hydrogen) atoms. The average molecular weight is 417 g/mol. The number of para-hydroxylation sites is 1. The molecule has 1 N–H and O–H groups in total. The molecule has 0 aliphatic carbocycles. The van der Waals surface area contributed by atoms with Gasteiger partial charge in [0.25, 0.3) is 0 Å². The summed E-state index contributed by atoms with van der Waals surface area (Å²) in [5, 5.41) is 7.50. The summed E-state index contributed by atoms with van der Waals surface area (Å²) in [5.74, 6) is 1.25. The van der Waals surface area contributed by atoms with Gasteiger partial charge in [-0.25, -0.2) is 4.68 Å². The fourth-order valence-corrected chi connectivity index (χ4v) is 4.37. The standard InChI is InChI=1S/C26H32N4O/c1-4-21-7-5-8-23-9-6-16-29(26(21)23)18-25(31)28-24-14-15-27-30(24)17-20-10-12-22(13-11-20)19(2)3/h5,7-8,10-15,19H,4,6,9,16-18H2,1-3H3,(H,28,31). The van der Waals surface area contributed by atoms with Crippen molar-refractivity contribution in [2.75, 3.05) is 23.3 Å². The lowest BCUT2D eigenvalue weighted by atomic mass is 9.96. The number of nitrogens with zero attached hydrogens (tertiary/aromatic N) is 3. The first-order valence-corrected chi connectivity index (χ1v) is 11.3. The minimum atomic E-state index is -0.00402. The van der Waals surface area contributed by atoms with E-state index in [2.05, 4.69) is 78.6 Å². The quantitative estimate of drug-likeness (QED) is 0.589. The molecule has 0 radical (unpaired) electrons. The number of anilines is 2. The maximum absolute atomic E-state index is 12.9. The fourth-order valence-electron chi connectivity index (χ4n) is 4.37. The van der Waals surface area contributed by atoms with Gasteiger partial charge in [-0.1, -0.05) is 63.2 Å². The number of aryl methyl sites for hydroxylation is 2. The van der Waals surface area contributed by atoms with Crippen molar-refractivity contribution in [1.82, 2.24) is 9.78 Å². The van der Waals surface area contributed by atoms with Crippen LogP contribution in [0.5, 0.6) is 0 Å². The molecule has 5 nitrogen and oxygen atoms in total. The number of hydrogen-bond acceptors (Lipinski definition) is 3. The van der Waals surface area contributed by atoms with Gasteiger partial charge in [-0.05, 0) is 47.4 Å². The first-order chi connectivity index (χ1) is 15.0. The number of rotatable bonds is 7. The van der Waals surface area contributed by atoms with Gasteiger partial charge in [0.15, 0.2) is 0 Å². The molecule has 4 rings (SSSR count). The highest BCUT2D eigenvalue weighted by Gasteiger charge is 2.22. The average Bonchev–Trinajstić information content (AvgIpc) is 3.20. The van der Waals surface area contributed by atoms with Crippen LogP contribution in [-0.4, -0.2) is 28.8 Å². The van der Waals surface area contributed by atoms with Crippen LogP contribution in [0, 0.1) is 0 Å². The van der Waals surface area contributed by atoms with Crippen molar-refractivity contribution in [2.24, 2.45) is 0 Å². The minimum Gasteiger partial charge on any atom is -0.362 e. The summed E-state index contributed by atoms with van der Waals surface area (Å²) < 4.78 is 1.85. The molecule has 0 fully saturated rings. The van der Waals surface area contributed by atoms with E-state index in [1.807, 2.05) is 10.7 Å². The Kier molecular flexibility index (Phi) is 6.40. The second-order valence-electron chi connectivity index (χ2n) is 8.62. The van der Waals surface area contributed by atoms with Crippen LogP contribution < -0.4 is 10.2 Å². The Labute approximate surface area is 185 Å². The van der Waals surface area contributed by atoms with E-state index in [4.69, 9.17) is 0 Å². The number of amides is 1. The highest BCUT2D eigenvalue weighted by Crippen LogP contribution is 2.31. The number of benzene rings is 2. The van der Waals surface area contributed by atoms with Crippen LogP contribution >= 0.6 is 0 Å². The third-order valence-corrected chi connectivity index (χ3v) is 6.07. The molecule has 0 unspecified atom stereocenters. The van der Waals surface area contributed by atoms with Crippen LogP contribution in [0.25, 0.3) is 0 Å². The Balaban J connectivity index is 1.44. The molecular formula is C26H32N4O. The summed E-state index contributed by atoms with van der Waals surface area (Å²) in [4.78, 5) is 15.2. The molecule has 0 spiro atoms. The third kappa shape index (κ3) is 4.82. The second kappa shape index (κ2) is 9.38. The Morgan fingerprint density at radius 1 is 1.13 bits per heavy atom. The number of aromatic nitrogens is 2. The summed E-state index contributed by atoms with van der Waals surface area (Å²) in [7, 11) is 0. The van der Waals surface area contributed by atoms with Gasteiger partial charge < -0.3 is 10.2 Å². The second-order valence-corrected chi connectivity index (χ2v) is 8.62. The minimum absolute atomic E-state index is 0.00402. The molecule has 0 bridgehead atoms. The predicted molar refractivity (Wildman–Crippen MR) is 127 cm³/mol. The van der Waals surface area contributed by atoms with Crippen molar-refractivity contribution in [1.29, 1.82) is 0 Å². The molecule has 0 atom stereocenters. The van der Waals surface area contributed by atoms with Gasteiger partial charge in [0.1, 0.15) is 5.82 Å². The van der Waals surface area contributed by atoms with E-state index >= 15 is 0 Å². The maximum Gasteiger partial charge on any atom is 0.245 e. The third-order valence-electron chi connectivity index (χ3n) is 6.07. The Morgan fingerprint density at radius 3 is 2.68 bits per heavy atom. The first-order valence-electron chi connectivity index (χ1n) is 11.3. The lowest BCUT2D eigenvalue weighted by molar-refractivity contribution is -0.115. The number of carbonyl (C=O) groups is 1. The monoisotopic (exact) mass is 416 g/mol. The Hall–Kier alpha value is -3.08. The van der Waals surface area contributed by atoms with E-state index < -0.39 is 0 Å². The molecule has 1 aliphatic heterocycles. The van der Waals surface area contributed by atoms with Gasteiger partial charge in [0.05, 0.1) is 19.3 Å². The Bertz CT molecular complexity index is 1020. The van der Waals surface area contributed by atoms with Crippen molar-refractivity contribution in [3.05, 3.63) is 77.0 Å². The molecule has 0 saturated heterocycles. The summed E-state index contributed by atoms with van der Waals surface area (Å²) in [6.07, 6.45) is 4.88. The van der Waals surface area contributed by atoms with Crippen LogP contribution in [0.3, 0.4) is 0 Å². The fraction of sp³-hybridized carbons (Fsp3) is 0.385. The zero-order valence-corrected chi connectivity index (χ0v) is 18.8. The highest BCUT2D eigenvalue weighted by atomic mass is 16.2. The number of carbonyl (C=O) groups excluding carboxylic acids is 1. The van der Waals surface area contributed by atoms with Crippen LogP contribution in [0.1, 0.15) is 55.4 Å². The molecular weight excluding hydrogens is 384 g/mol. The number of fused-ring (bicyclic) bond motifs is 1. The molecule has 5 heteroatoms. The first kappa shape index (κ1) is 21.2. The molecule has 2 heterocycles. The van der Waals surface area contributed by atoms with Crippen molar-refractivity contribution in [2.45, 2.75) is 52.5 Å². The molecule has 1 amide bonds. The van der Waals surface area contributed by atoms with E-state index in [0.717, 1.165) is 31.6 Å². The molecule has 1 aliphatic rings. The summed E-state index contributed by atoms with van der Waals surface area (Å²) in [6, 6.07) is 17.0. The molecule has 162 valence electrons. The zero-order valence-electron chi connectivity index (χ0n) is 18.8. The predicted octanol–water partition coefficient (Wildman–Crippen LogP) is 5.01. The SMILES string of the molecule is CCc1cccc2c1N(CC(=O)Nc1ccnn1Cc1ccc(C(C)C)cc1)CCC2. The van der Waals surface area contributed by atoms with Crippen molar-refractivity contribution >= 4 is 17.4 Å². The van der Waals surface area contributed by atoms with Gasteiger partial charge >= 0.3 is 0 Å². The number of hydrogen-bond donors (Lipinski definition) is 1. The van der Waals surface area contributed by atoms with Crippen LogP contribution in [0.15, 0.2) is 54.7 Å². The van der Waals surface area contributed by atoms with Crippen molar-refractivity contribution < 1.29 is 4.79 Å².